The number of carbonyl (C=O) groups is 1. The van der Waals surface area contributed by atoms with E-state index in [9.17, 15) is 23.1 Å². The van der Waals surface area contributed by atoms with Crippen molar-refractivity contribution in [1.82, 2.24) is 4.98 Å². The molecule has 0 saturated carbocycles. The Morgan fingerprint density at radius 1 is 1.50 bits per heavy atom. The van der Waals surface area contributed by atoms with E-state index in [4.69, 9.17) is 11.6 Å². The van der Waals surface area contributed by atoms with Crippen LogP contribution in [0.4, 0.5) is 13.2 Å². The molecule has 1 rings (SSSR count). The highest BCUT2D eigenvalue weighted by Gasteiger charge is 2.31. The minimum atomic E-state index is -4.60. The second-order valence-electron chi connectivity index (χ2n) is 2.34. The van der Waals surface area contributed by atoms with Gasteiger partial charge in [-0.3, -0.25) is 4.98 Å². The summed E-state index contributed by atoms with van der Waals surface area (Å²) in [5.41, 5.74) is -1.81. The number of pyridine rings is 1. The number of carboxylic acid groups (broad SMARTS) is 1. The zero-order valence-electron chi connectivity index (χ0n) is 6.43. The molecule has 0 amide bonds. The topological polar surface area (TPSA) is 53.0 Å². The third kappa shape index (κ3) is 2.14. The second-order valence-corrected chi connectivity index (χ2v) is 2.75. The van der Waals surface area contributed by atoms with E-state index in [-0.39, 0.29) is 0 Å². The number of alkyl halides is 3. The maximum absolute atomic E-state index is 12.0. The van der Waals surface area contributed by atoms with Gasteiger partial charge in [-0.05, 0) is 6.07 Å². The van der Waals surface area contributed by atoms with Crippen LogP contribution >= 0.6 is 11.6 Å². The number of carbonyl (C=O) groups excluding carboxylic acids is 1. The fraction of sp³-hybridized carbons (Fsp3) is 0.143. The highest BCUT2D eigenvalue weighted by atomic mass is 35.5. The monoisotopic (exact) mass is 224 g/mol. The quantitative estimate of drug-likeness (QED) is 0.718. The Hall–Kier alpha value is -1.30. The Bertz CT molecular complexity index is 378. The van der Waals surface area contributed by atoms with Gasteiger partial charge in [0.25, 0.3) is 0 Å². The lowest BCUT2D eigenvalue weighted by molar-refractivity contribution is -0.255. The number of hydrogen-bond donors (Lipinski definition) is 0. The summed E-state index contributed by atoms with van der Waals surface area (Å²) in [6.07, 6.45) is -4.21. The molecule has 0 atom stereocenters. The minimum Gasteiger partial charge on any atom is -0.543 e. The number of aromatic nitrogens is 1. The lowest BCUT2D eigenvalue weighted by atomic mass is 10.2. The largest absolute Gasteiger partial charge is 0.543 e. The molecule has 1 aromatic rings. The molecular formula is C7H2ClF3NO2-. The van der Waals surface area contributed by atoms with Crippen LogP contribution in [0.5, 0.6) is 0 Å². The zero-order chi connectivity index (χ0) is 10.9. The Kier molecular flexibility index (Phi) is 2.66. The van der Waals surface area contributed by atoms with Crippen LogP contribution in [0.2, 0.25) is 5.02 Å². The van der Waals surface area contributed by atoms with Crippen molar-refractivity contribution in [2.75, 3.05) is 0 Å². The first-order valence-corrected chi connectivity index (χ1v) is 3.64. The minimum absolute atomic E-state index is 0.386. The number of hydrogen-bond acceptors (Lipinski definition) is 3. The van der Waals surface area contributed by atoms with E-state index in [0.717, 1.165) is 0 Å². The molecule has 0 aromatic carbocycles. The van der Waals surface area contributed by atoms with Gasteiger partial charge >= 0.3 is 6.18 Å². The van der Waals surface area contributed by atoms with E-state index in [2.05, 4.69) is 4.98 Å². The lowest BCUT2D eigenvalue weighted by Crippen LogP contribution is -2.24. The standard InChI is InChI=1S/C7H3ClF3NO2/c8-4-1-3(7(9,10)11)2-12-5(4)6(13)14/h1-2H,(H,13,14)/p-1. The fourth-order valence-corrected chi connectivity index (χ4v) is 0.987. The molecule has 0 spiro atoms. The van der Waals surface area contributed by atoms with Gasteiger partial charge in [-0.2, -0.15) is 13.2 Å². The molecule has 1 heterocycles. The van der Waals surface area contributed by atoms with Gasteiger partial charge < -0.3 is 9.90 Å². The molecule has 0 bridgehead atoms. The van der Waals surface area contributed by atoms with Crippen molar-refractivity contribution in [3.05, 3.63) is 28.5 Å². The summed E-state index contributed by atoms with van der Waals surface area (Å²) in [4.78, 5) is 13.3. The normalized spacial score (nSPS) is 11.4. The van der Waals surface area contributed by atoms with Crippen LogP contribution in [-0.4, -0.2) is 11.0 Å². The molecule has 0 radical (unpaired) electrons. The third-order valence-electron chi connectivity index (χ3n) is 1.36. The van der Waals surface area contributed by atoms with Crippen LogP contribution in [0.25, 0.3) is 0 Å². The summed E-state index contributed by atoms with van der Waals surface area (Å²) in [5.74, 6) is -1.72. The average molecular weight is 225 g/mol. The molecule has 0 aliphatic heterocycles. The van der Waals surface area contributed by atoms with E-state index >= 15 is 0 Å². The second kappa shape index (κ2) is 3.45. The SMILES string of the molecule is O=C([O-])c1ncc(C(F)(F)F)cc1Cl. The van der Waals surface area contributed by atoms with Crippen LogP contribution < -0.4 is 5.11 Å². The van der Waals surface area contributed by atoms with Gasteiger partial charge in [0.05, 0.1) is 16.6 Å². The molecule has 14 heavy (non-hydrogen) atoms. The first kappa shape index (κ1) is 10.8. The maximum atomic E-state index is 12.0. The molecule has 0 N–H and O–H groups in total. The number of aromatic carboxylic acids is 1. The molecule has 0 saturated heterocycles. The highest BCUT2D eigenvalue weighted by molar-refractivity contribution is 6.33. The number of rotatable bonds is 1. The Balaban J connectivity index is 3.20. The molecule has 0 unspecified atom stereocenters. The summed E-state index contributed by atoms with van der Waals surface area (Å²) in [6.45, 7) is 0. The van der Waals surface area contributed by atoms with Crippen LogP contribution in [-0.2, 0) is 6.18 Å². The van der Waals surface area contributed by atoms with Crippen molar-refractivity contribution in [3.8, 4) is 0 Å². The predicted molar refractivity (Wildman–Crippen MR) is 38.6 cm³/mol. The first-order chi connectivity index (χ1) is 6.32. The van der Waals surface area contributed by atoms with Gasteiger partial charge in [0, 0.05) is 6.20 Å². The van der Waals surface area contributed by atoms with E-state index in [0.29, 0.717) is 12.3 Å². The van der Waals surface area contributed by atoms with E-state index in [1.54, 1.807) is 0 Å². The van der Waals surface area contributed by atoms with Gasteiger partial charge in [0.15, 0.2) is 0 Å². The Morgan fingerprint density at radius 3 is 2.43 bits per heavy atom. The van der Waals surface area contributed by atoms with Crippen molar-refractivity contribution >= 4 is 17.6 Å². The predicted octanol–water partition coefficient (Wildman–Crippen LogP) is 1.12. The van der Waals surface area contributed by atoms with Crippen LogP contribution in [0.15, 0.2) is 12.3 Å². The molecule has 0 aliphatic carbocycles. The summed E-state index contributed by atoms with van der Waals surface area (Å²) in [7, 11) is 0. The molecule has 1 aromatic heterocycles. The van der Waals surface area contributed by atoms with Gasteiger partial charge in [0.1, 0.15) is 5.69 Å². The molecule has 0 aliphatic rings. The number of halogens is 4. The Labute approximate surface area is 81.1 Å². The number of carboxylic acids is 1. The maximum Gasteiger partial charge on any atom is 0.417 e. The lowest BCUT2D eigenvalue weighted by Gasteiger charge is -2.08. The van der Waals surface area contributed by atoms with Crippen molar-refractivity contribution < 1.29 is 23.1 Å². The highest BCUT2D eigenvalue weighted by Crippen LogP contribution is 2.30. The van der Waals surface area contributed by atoms with Crippen molar-refractivity contribution in [3.63, 3.8) is 0 Å². The van der Waals surface area contributed by atoms with Gasteiger partial charge in [-0.15, -0.1) is 0 Å². The zero-order valence-corrected chi connectivity index (χ0v) is 7.19. The molecule has 3 nitrogen and oxygen atoms in total. The third-order valence-corrected chi connectivity index (χ3v) is 1.65. The van der Waals surface area contributed by atoms with E-state index < -0.39 is 28.4 Å². The van der Waals surface area contributed by atoms with Gasteiger partial charge in [0.2, 0.25) is 0 Å². The molecule has 0 fully saturated rings. The summed E-state index contributed by atoms with van der Waals surface area (Å²) >= 11 is 5.25. The van der Waals surface area contributed by atoms with Gasteiger partial charge in [-0.25, -0.2) is 0 Å². The Morgan fingerprint density at radius 2 is 2.07 bits per heavy atom. The van der Waals surface area contributed by atoms with Gasteiger partial charge in [-0.1, -0.05) is 11.6 Å². The summed E-state index contributed by atoms with van der Waals surface area (Å²) in [5, 5.41) is 9.65. The summed E-state index contributed by atoms with van der Waals surface area (Å²) < 4.78 is 36.1. The van der Waals surface area contributed by atoms with Crippen molar-refractivity contribution in [2.45, 2.75) is 6.18 Å². The van der Waals surface area contributed by atoms with Crippen molar-refractivity contribution in [2.24, 2.45) is 0 Å². The van der Waals surface area contributed by atoms with Crippen LogP contribution in [0.1, 0.15) is 16.1 Å². The first-order valence-electron chi connectivity index (χ1n) is 3.26. The fourth-order valence-electron chi connectivity index (χ4n) is 0.743. The average Bonchev–Trinajstić information content (AvgIpc) is 2.01. The molecular weight excluding hydrogens is 223 g/mol. The number of nitrogens with zero attached hydrogens (tertiary/aromatic N) is 1. The van der Waals surface area contributed by atoms with Crippen molar-refractivity contribution in [1.29, 1.82) is 0 Å². The van der Waals surface area contributed by atoms with E-state index in [1.807, 2.05) is 0 Å². The smallest absolute Gasteiger partial charge is 0.417 e. The molecule has 76 valence electrons. The molecule has 7 heteroatoms. The summed E-state index contributed by atoms with van der Waals surface area (Å²) in [6, 6.07) is 0.486. The van der Waals surface area contributed by atoms with Crippen LogP contribution in [0.3, 0.4) is 0 Å². The van der Waals surface area contributed by atoms with E-state index in [1.165, 1.54) is 0 Å². The van der Waals surface area contributed by atoms with Crippen LogP contribution in [0, 0.1) is 0 Å².